The number of nitrogens with one attached hydrogen (secondary N) is 1. The first-order valence-corrected chi connectivity index (χ1v) is 12.3. The summed E-state index contributed by atoms with van der Waals surface area (Å²) < 4.78 is 31.7. The molecule has 0 saturated carbocycles. The topological polar surface area (TPSA) is 113 Å². The van der Waals surface area contributed by atoms with Gasteiger partial charge in [-0.15, -0.1) is 0 Å². The Bertz CT molecular complexity index is 1050. The number of methoxy groups -OCH3 is 1. The normalized spacial score (nSPS) is 23.6. The highest BCUT2D eigenvalue weighted by molar-refractivity contribution is 6.76. The molecule has 0 spiro atoms. The van der Waals surface area contributed by atoms with Crippen LogP contribution >= 0.6 is 34.8 Å². The molecule has 0 bridgehead atoms. The summed E-state index contributed by atoms with van der Waals surface area (Å²) in [4.78, 5) is 24.7. The summed E-state index contributed by atoms with van der Waals surface area (Å²) in [7, 11) is 1.15. The van der Waals surface area contributed by atoms with E-state index in [1.807, 2.05) is 60.7 Å². The minimum absolute atomic E-state index is 0.0662. The van der Waals surface area contributed by atoms with E-state index < -0.39 is 52.3 Å². The Morgan fingerprint density at radius 2 is 1.38 bits per heavy atom. The molecule has 37 heavy (non-hydrogen) atoms. The van der Waals surface area contributed by atoms with Crippen molar-refractivity contribution in [3.63, 3.8) is 0 Å². The van der Waals surface area contributed by atoms with Gasteiger partial charge < -0.3 is 28.4 Å². The van der Waals surface area contributed by atoms with E-state index in [1.54, 1.807) is 0 Å². The van der Waals surface area contributed by atoms with E-state index in [4.69, 9.17) is 68.6 Å². The van der Waals surface area contributed by atoms with Crippen molar-refractivity contribution in [2.45, 2.75) is 54.6 Å². The molecule has 0 amide bonds. The average Bonchev–Trinajstić information content (AvgIpc) is 2.87. The molecule has 2 aromatic rings. The molecule has 3 rings (SSSR count). The van der Waals surface area contributed by atoms with Gasteiger partial charge in [-0.2, -0.15) is 0 Å². The third-order valence-electron chi connectivity index (χ3n) is 5.29. The Morgan fingerprint density at radius 3 is 1.84 bits per heavy atom. The van der Waals surface area contributed by atoms with Crippen molar-refractivity contribution in [1.82, 2.24) is 0 Å². The lowest BCUT2D eigenvalue weighted by Gasteiger charge is -2.44. The van der Waals surface area contributed by atoms with Gasteiger partial charge in [0.15, 0.2) is 12.2 Å². The van der Waals surface area contributed by atoms with E-state index in [-0.39, 0.29) is 13.2 Å². The Morgan fingerprint density at radius 1 is 0.865 bits per heavy atom. The molecular weight excluding hydrogens is 549 g/mol. The van der Waals surface area contributed by atoms with E-state index >= 15 is 0 Å². The second kappa shape index (κ2) is 13.4. The van der Waals surface area contributed by atoms with Crippen molar-refractivity contribution in [2.75, 3.05) is 7.11 Å². The molecule has 1 fully saturated rings. The monoisotopic (exact) mass is 573 g/mol. The van der Waals surface area contributed by atoms with Crippen LogP contribution in [0.25, 0.3) is 0 Å². The van der Waals surface area contributed by atoms with E-state index in [9.17, 15) is 9.59 Å². The summed E-state index contributed by atoms with van der Waals surface area (Å²) in [5.74, 6) is -2.33. The molecule has 0 unspecified atom stereocenters. The van der Waals surface area contributed by atoms with Crippen molar-refractivity contribution in [2.24, 2.45) is 0 Å². The third kappa shape index (κ3) is 8.29. The zero-order valence-electron chi connectivity index (χ0n) is 20.0. The molecule has 2 aromatic carbocycles. The maximum atomic E-state index is 12.7. The van der Waals surface area contributed by atoms with Crippen LogP contribution in [0.1, 0.15) is 18.1 Å². The van der Waals surface area contributed by atoms with Gasteiger partial charge in [0.25, 0.3) is 3.79 Å². The quantitative estimate of drug-likeness (QED) is 0.204. The van der Waals surface area contributed by atoms with Gasteiger partial charge in [-0.25, -0.2) is 4.79 Å². The number of ether oxygens (including phenoxy) is 6. The van der Waals surface area contributed by atoms with Crippen molar-refractivity contribution in [1.29, 1.82) is 5.41 Å². The SMILES string of the molecule is COC(=O)[C@H]1O[C@H](OC(=N)C(Cl)(Cl)Cl)[C@H](OCc2ccccc2)[C@@H](OCc2ccccc2)[C@H]1OC(C)=O. The molecule has 9 nitrogen and oxygen atoms in total. The molecule has 0 aliphatic carbocycles. The van der Waals surface area contributed by atoms with Crippen LogP contribution < -0.4 is 0 Å². The summed E-state index contributed by atoms with van der Waals surface area (Å²) in [5, 5.41) is 8.05. The number of hydrogen-bond donors (Lipinski definition) is 1. The maximum Gasteiger partial charge on any atom is 0.339 e. The fourth-order valence-corrected chi connectivity index (χ4v) is 3.75. The zero-order valence-corrected chi connectivity index (χ0v) is 22.2. The van der Waals surface area contributed by atoms with Gasteiger partial charge >= 0.3 is 11.9 Å². The average molecular weight is 575 g/mol. The highest BCUT2D eigenvalue weighted by Crippen LogP contribution is 2.34. The Hall–Kier alpha value is -2.40. The van der Waals surface area contributed by atoms with Gasteiger partial charge in [0.1, 0.15) is 12.2 Å². The molecule has 0 radical (unpaired) electrons. The van der Waals surface area contributed by atoms with Crippen LogP contribution in [0.4, 0.5) is 0 Å². The van der Waals surface area contributed by atoms with E-state index in [0.29, 0.717) is 0 Å². The molecule has 1 N–H and O–H groups in total. The highest BCUT2D eigenvalue weighted by atomic mass is 35.6. The number of rotatable bonds is 9. The van der Waals surface area contributed by atoms with Crippen molar-refractivity contribution < 1.29 is 38.0 Å². The van der Waals surface area contributed by atoms with Crippen molar-refractivity contribution in [3.05, 3.63) is 71.8 Å². The molecule has 1 heterocycles. The summed E-state index contributed by atoms with van der Waals surface area (Å²) in [6, 6.07) is 18.4. The predicted molar refractivity (Wildman–Crippen MR) is 135 cm³/mol. The van der Waals surface area contributed by atoms with Crippen LogP contribution in [-0.2, 0) is 51.2 Å². The van der Waals surface area contributed by atoms with Gasteiger partial charge in [-0.1, -0.05) is 95.5 Å². The second-order valence-electron chi connectivity index (χ2n) is 7.99. The lowest BCUT2D eigenvalue weighted by Crippen LogP contribution is -2.63. The number of carbonyl (C=O) groups excluding carboxylic acids is 2. The van der Waals surface area contributed by atoms with E-state index in [2.05, 4.69) is 0 Å². The van der Waals surface area contributed by atoms with Crippen LogP contribution in [0.15, 0.2) is 60.7 Å². The van der Waals surface area contributed by atoms with Crippen molar-refractivity contribution >= 4 is 52.6 Å². The molecule has 1 aliphatic rings. The predicted octanol–water partition coefficient (Wildman–Crippen LogP) is 4.35. The standard InChI is InChI=1S/C25H26Cl3NO8/c1-15(30)35-19-18(33-13-16-9-5-3-6-10-16)21(34-14-17-11-7-4-8-12-17)23(36-20(19)22(31)32-2)37-24(29)25(26,27)28/h3-12,18-21,23,29H,13-14H2,1-2H3/t18-,19+,20-,21+,23+/m0/s1. The highest BCUT2D eigenvalue weighted by Gasteiger charge is 2.54. The molecule has 200 valence electrons. The molecule has 0 aromatic heterocycles. The minimum atomic E-state index is -2.22. The van der Waals surface area contributed by atoms with Gasteiger partial charge in [-0.3, -0.25) is 10.2 Å². The minimum Gasteiger partial charge on any atom is -0.467 e. The lowest BCUT2D eigenvalue weighted by molar-refractivity contribution is -0.299. The summed E-state index contributed by atoms with van der Waals surface area (Å²) in [5.41, 5.74) is 1.61. The Kier molecular flexibility index (Phi) is 10.6. The number of esters is 2. The first-order chi connectivity index (χ1) is 17.6. The van der Waals surface area contributed by atoms with Crippen molar-refractivity contribution in [3.8, 4) is 0 Å². The second-order valence-corrected chi connectivity index (χ2v) is 10.3. The Labute approximate surface area is 229 Å². The third-order valence-corrected chi connectivity index (χ3v) is 5.81. The van der Waals surface area contributed by atoms with Crippen LogP contribution in [0.3, 0.4) is 0 Å². The maximum absolute atomic E-state index is 12.7. The summed E-state index contributed by atoms with van der Waals surface area (Å²) >= 11 is 17.5. The number of benzene rings is 2. The summed E-state index contributed by atoms with van der Waals surface area (Å²) in [6.07, 6.45) is -6.49. The van der Waals surface area contributed by atoms with Crippen LogP contribution in [0, 0.1) is 5.41 Å². The molecule has 1 saturated heterocycles. The van der Waals surface area contributed by atoms with Gasteiger partial charge in [-0.05, 0) is 11.1 Å². The zero-order chi connectivity index (χ0) is 27.0. The van der Waals surface area contributed by atoms with E-state index in [0.717, 1.165) is 18.2 Å². The smallest absolute Gasteiger partial charge is 0.339 e. The number of carbonyl (C=O) groups is 2. The van der Waals surface area contributed by atoms with Crippen LogP contribution in [0.2, 0.25) is 0 Å². The molecule has 12 heteroatoms. The fourth-order valence-electron chi connectivity index (χ4n) is 3.61. The first-order valence-electron chi connectivity index (χ1n) is 11.1. The van der Waals surface area contributed by atoms with Gasteiger partial charge in [0, 0.05) is 6.92 Å². The number of alkyl halides is 3. The Balaban J connectivity index is 1.99. The van der Waals surface area contributed by atoms with Crippen LogP contribution in [0.5, 0.6) is 0 Å². The fraction of sp³-hybridized carbons (Fsp3) is 0.400. The number of halogens is 3. The summed E-state index contributed by atoms with van der Waals surface area (Å²) in [6.45, 7) is 1.32. The lowest BCUT2D eigenvalue weighted by atomic mass is 9.97. The first kappa shape index (κ1) is 29.2. The molecule has 5 atom stereocenters. The largest absolute Gasteiger partial charge is 0.467 e. The van der Waals surface area contributed by atoms with Crippen LogP contribution in [-0.4, -0.2) is 59.4 Å². The number of hydrogen-bond acceptors (Lipinski definition) is 9. The van der Waals surface area contributed by atoms with E-state index in [1.165, 1.54) is 6.92 Å². The molecule has 1 aliphatic heterocycles. The van der Waals surface area contributed by atoms with Gasteiger partial charge in [0.2, 0.25) is 12.2 Å². The van der Waals surface area contributed by atoms with Gasteiger partial charge in [0.05, 0.1) is 20.3 Å². The molecular formula is C25H26Cl3NO8.